The molecule has 0 saturated carbocycles. The van der Waals surface area contributed by atoms with Crippen molar-refractivity contribution in [2.24, 2.45) is 10.9 Å². The van der Waals surface area contributed by atoms with Crippen LogP contribution in [0.15, 0.2) is 21.8 Å². The molecule has 0 spiro atoms. The third-order valence-corrected chi connectivity index (χ3v) is 5.01. The summed E-state index contributed by atoms with van der Waals surface area (Å²) in [7, 11) is 1.81. The van der Waals surface area contributed by atoms with Crippen molar-refractivity contribution in [2.75, 3.05) is 33.3 Å². The topological polar surface area (TPSA) is 53.9 Å². The van der Waals surface area contributed by atoms with Gasteiger partial charge >= 0.3 is 5.97 Å². The van der Waals surface area contributed by atoms with Crippen LogP contribution in [-0.4, -0.2) is 50.1 Å². The Morgan fingerprint density at radius 3 is 2.75 bits per heavy atom. The number of hydrogen-bond acceptors (Lipinski definition) is 4. The van der Waals surface area contributed by atoms with E-state index in [1.807, 2.05) is 14.0 Å². The number of carbonyl (C=O) groups excluding carboxylic acids is 1. The number of rotatable bonds is 5. The van der Waals surface area contributed by atoms with Crippen molar-refractivity contribution < 1.29 is 9.53 Å². The average Bonchev–Trinajstić information content (AvgIpc) is 3.10. The molecule has 5 nitrogen and oxygen atoms in total. The molecule has 1 aromatic heterocycles. The number of likely N-dealkylation sites (tertiary alicyclic amines) is 1. The van der Waals surface area contributed by atoms with E-state index in [-0.39, 0.29) is 35.9 Å². The summed E-state index contributed by atoms with van der Waals surface area (Å²) < 4.78 is 5.12. The Balaban J connectivity index is 0.00000288. The number of piperidine rings is 1. The van der Waals surface area contributed by atoms with Crippen molar-refractivity contribution in [2.45, 2.75) is 32.6 Å². The Kier molecular flexibility index (Phi) is 9.65. The zero-order valence-corrected chi connectivity index (χ0v) is 17.8. The van der Waals surface area contributed by atoms with E-state index in [9.17, 15) is 4.79 Å². The first-order valence-corrected chi connectivity index (χ1v) is 9.24. The predicted octanol–water partition coefficient (Wildman–Crippen LogP) is 3.32. The van der Waals surface area contributed by atoms with E-state index in [0.29, 0.717) is 12.5 Å². The first kappa shape index (κ1) is 21.2. The van der Waals surface area contributed by atoms with E-state index < -0.39 is 0 Å². The van der Waals surface area contributed by atoms with Crippen LogP contribution in [0.5, 0.6) is 0 Å². The third kappa shape index (κ3) is 5.91. The summed E-state index contributed by atoms with van der Waals surface area (Å²) in [4.78, 5) is 18.4. The van der Waals surface area contributed by atoms with Gasteiger partial charge in [-0.25, -0.2) is 0 Å². The monoisotopic (exact) mass is 465 g/mol. The molecule has 1 aliphatic heterocycles. The molecular weight excluding hydrogens is 437 g/mol. The maximum absolute atomic E-state index is 11.8. The molecule has 1 fully saturated rings. The fourth-order valence-corrected chi connectivity index (χ4v) is 3.62. The predicted molar refractivity (Wildman–Crippen MR) is 110 cm³/mol. The number of nitrogens with zero attached hydrogens (tertiary/aromatic N) is 2. The van der Waals surface area contributed by atoms with Crippen molar-refractivity contribution in [3.63, 3.8) is 0 Å². The van der Waals surface area contributed by atoms with Crippen LogP contribution >= 0.6 is 35.3 Å². The minimum Gasteiger partial charge on any atom is -0.466 e. The summed E-state index contributed by atoms with van der Waals surface area (Å²) in [5, 5.41) is 7.77. The number of thiophene rings is 1. The van der Waals surface area contributed by atoms with Crippen LogP contribution in [0.3, 0.4) is 0 Å². The van der Waals surface area contributed by atoms with Gasteiger partial charge in [-0.1, -0.05) is 6.92 Å². The van der Waals surface area contributed by atoms with Crippen molar-refractivity contribution in [3.8, 4) is 0 Å². The molecule has 0 aliphatic carbocycles. The number of halogens is 1. The van der Waals surface area contributed by atoms with E-state index >= 15 is 0 Å². The first-order valence-electron chi connectivity index (χ1n) is 8.30. The molecule has 0 bridgehead atoms. The molecule has 24 heavy (non-hydrogen) atoms. The zero-order chi connectivity index (χ0) is 16.7. The average molecular weight is 465 g/mol. The molecule has 2 heterocycles. The van der Waals surface area contributed by atoms with Crippen LogP contribution < -0.4 is 5.32 Å². The zero-order valence-electron chi connectivity index (χ0n) is 14.7. The van der Waals surface area contributed by atoms with Crippen LogP contribution in [0, 0.1) is 5.92 Å². The Morgan fingerprint density at radius 2 is 2.21 bits per heavy atom. The van der Waals surface area contributed by atoms with Gasteiger partial charge in [-0.3, -0.25) is 9.79 Å². The van der Waals surface area contributed by atoms with Crippen molar-refractivity contribution in [1.82, 2.24) is 10.2 Å². The standard InChI is InChI=1S/C17H27N3O2S.HI/c1-4-22-16(21)14-5-8-20(9-6-14)17(18-3)19-11-13(2)15-7-10-23-12-15;/h7,10,12-14H,4-6,8-9,11H2,1-3H3,(H,18,19);1H. The molecule has 1 saturated heterocycles. The van der Waals surface area contributed by atoms with Gasteiger partial charge in [0, 0.05) is 26.7 Å². The van der Waals surface area contributed by atoms with Gasteiger partial charge in [0.15, 0.2) is 5.96 Å². The molecule has 1 unspecified atom stereocenters. The van der Waals surface area contributed by atoms with Gasteiger partial charge < -0.3 is 15.0 Å². The molecule has 7 heteroatoms. The molecule has 1 N–H and O–H groups in total. The molecule has 1 atom stereocenters. The maximum Gasteiger partial charge on any atom is 0.309 e. The molecule has 2 rings (SSSR count). The summed E-state index contributed by atoms with van der Waals surface area (Å²) in [5.41, 5.74) is 1.36. The van der Waals surface area contributed by atoms with Gasteiger partial charge in [-0.15, -0.1) is 24.0 Å². The second-order valence-corrected chi connectivity index (χ2v) is 6.68. The lowest BCUT2D eigenvalue weighted by molar-refractivity contribution is -0.149. The van der Waals surface area contributed by atoms with E-state index in [1.165, 1.54) is 5.56 Å². The number of esters is 1. The number of ether oxygens (including phenoxy) is 1. The minimum absolute atomic E-state index is 0. The quantitative estimate of drug-likeness (QED) is 0.314. The van der Waals surface area contributed by atoms with Crippen LogP contribution in [0.1, 0.15) is 38.2 Å². The summed E-state index contributed by atoms with van der Waals surface area (Å²) >= 11 is 1.73. The third-order valence-electron chi connectivity index (χ3n) is 4.30. The Hall–Kier alpha value is -0.830. The Labute approximate surface area is 165 Å². The number of aliphatic imine (C=N–C) groups is 1. The number of hydrogen-bond donors (Lipinski definition) is 1. The first-order chi connectivity index (χ1) is 11.2. The second-order valence-electron chi connectivity index (χ2n) is 5.90. The molecular formula is C17H28IN3O2S. The lowest BCUT2D eigenvalue weighted by Gasteiger charge is -2.33. The number of guanidine groups is 1. The van der Waals surface area contributed by atoms with Crippen molar-refractivity contribution >= 4 is 47.2 Å². The fraction of sp³-hybridized carbons (Fsp3) is 0.647. The van der Waals surface area contributed by atoms with Gasteiger partial charge in [0.25, 0.3) is 0 Å². The summed E-state index contributed by atoms with van der Waals surface area (Å²) in [5.74, 6) is 1.36. The summed E-state index contributed by atoms with van der Waals surface area (Å²) in [6.07, 6.45) is 1.67. The van der Waals surface area contributed by atoms with Crippen LogP contribution in [0.2, 0.25) is 0 Å². The van der Waals surface area contributed by atoms with Gasteiger partial charge in [0.05, 0.1) is 12.5 Å². The highest BCUT2D eigenvalue weighted by atomic mass is 127. The van der Waals surface area contributed by atoms with Crippen LogP contribution in [-0.2, 0) is 9.53 Å². The smallest absolute Gasteiger partial charge is 0.309 e. The van der Waals surface area contributed by atoms with Gasteiger partial charge in [-0.05, 0) is 48.1 Å². The van der Waals surface area contributed by atoms with Crippen molar-refractivity contribution in [3.05, 3.63) is 22.4 Å². The molecule has 136 valence electrons. The summed E-state index contributed by atoms with van der Waals surface area (Å²) in [6.45, 7) is 7.08. The van der Waals surface area contributed by atoms with Crippen LogP contribution in [0.25, 0.3) is 0 Å². The van der Waals surface area contributed by atoms with E-state index in [1.54, 1.807) is 11.3 Å². The SMILES string of the molecule is CCOC(=O)C1CCN(C(=NC)NCC(C)c2ccsc2)CC1.I. The molecule has 1 aliphatic rings. The lowest BCUT2D eigenvalue weighted by Crippen LogP contribution is -2.47. The maximum atomic E-state index is 11.8. The van der Waals surface area contributed by atoms with Crippen molar-refractivity contribution in [1.29, 1.82) is 0 Å². The van der Waals surface area contributed by atoms with E-state index in [2.05, 4.69) is 39.0 Å². The molecule has 0 radical (unpaired) electrons. The highest BCUT2D eigenvalue weighted by molar-refractivity contribution is 14.0. The van der Waals surface area contributed by atoms with E-state index in [4.69, 9.17) is 4.74 Å². The number of carbonyl (C=O) groups is 1. The largest absolute Gasteiger partial charge is 0.466 e. The number of nitrogens with one attached hydrogen (secondary N) is 1. The summed E-state index contributed by atoms with van der Waals surface area (Å²) in [6, 6.07) is 2.17. The second kappa shape index (κ2) is 10.9. The molecule has 1 aromatic rings. The minimum atomic E-state index is -0.0545. The Bertz CT molecular complexity index is 514. The highest BCUT2D eigenvalue weighted by Gasteiger charge is 2.27. The fourth-order valence-electron chi connectivity index (χ4n) is 2.84. The van der Waals surface area contributed by atoms with Gasteiger partial charge in [0.2, 0.25) is 0 Å². The highest BCUT2D eigenvalue weighted by Crippen LogP contribution is 2.20. The lowest BCUT2D eigenvalue weighted by atomic mass is 9.97. The normalized spacial score (nSPS) is 17.1. The van der Waals surface area contributed by atoms with Gasteiger partial charge in [0.1, 0.15) is 0 Å². The Morgan fingerprint density at radius 1 is 1.50 bits per heavy atom. The molecule has 0 aromatic carbocycles. The van der Waals surface area contributed by atoms with E-state index in [0.717, 1.165) is 38.4 Å². The van der Waals surface area contributed by atoms with Gasteiger partial charge in [-0.2, -0.15) is 11.3 Å². The molecule has 0 amide bonds. The van der Waals surface area contributed by atoms with Crippen LogP contribution in [0.4, 0.5) is 0 Å².